The Balaban J connectivity index is 0.000000282. The third kappa shape index (κ3) is 3.39. The molecule has 0 aliphatic carbocycles. The fourth-order valence-corrected chi connectivity index (χ4v) is 3.69. The summed E-state index contributed by atoms with van der Waals surface area (Å²) < 4.78 is 12.4. The second-order valence-electron chi connectivity index (χ2n) is 4.85. The van der Waals surface area contributed by atoms with E-state index in [4.69, 9.17) is 5.11 Å². The Labute approximate surface area is 127 Å². The molecule has 1 unspecified atom stereocenters. The third-order valence-corrected chi connectivity index (χ3v) is 4.99. The molecule has 3 rings (SSSR count). The van der Waals surface area contributed by atoms with Crippen molar-refractivity contribution in [2.75, 3.05) is 0 Å². The molecule has 1 atom stereocenters. The van der Waals surface area contributed by atoms with Crippen molar-refractivity contribution < 1.29 is 14.1 Å². The smallest absolute Gasteiger partial charge is 0.303 e. The SMILES string of the molecule is CCC(=O)O.Cc1cccc2c1Cc1ccccc1S2=O. The Bertz CT molecular complexity index is 692. The number of hydrogen-bond donors (Lipinski definition) is 1. The molecule has 1 N–H and O–H groups in total. The van der Waals surface area contributed by atoms with Crippen LogP contribution in [0.5, 0.6) is 0 Å². The van der Waals surface area contributed by atoms with Crippen LogP contribution in [-0.2, 0) is 22.0 Å². The summed E-state index contributed by atoms with van der Waals surface area (Å²) in [7, 11) is -1.00. The van der Waals surface area contributed by atoms with E-state index in [1.54, 1.807) is 6.92 Å². The zero-order valence-electron chi connectivity index (χ0n) is 12.1. The van der Waals surface area contributed by atoms with Gasteiger partial charge >= 0.3 is 5.97 Å². The van der Waals surface area contributed by atoms with E-state index in [1.165, 1.54) is 16.7 Å². The maximum atomic E-state index is 12.4. The summed E-state index contributed by atoms with van der Waals surface area (Å²) in [6.07, 6.45) is 1.13. The van der Waals surface area contributed by atoms with Gasteiger partial charge in [-0.05, 0) is 35.7 Å². The van der Waals surface area contributed by atoms with Gasteiger partial charge in [-0.2, -0.15) is 0 Å². The van der Waals surface area contributed by atoms with Crippen LogP contribution in [0.15, 0.2) is 52.3 Å². The quantitative estimate of drug-likeness (QED) is 0.748. The predicted octanol–water partition coefficient (Wildman–Crippen LogP) is 3.55. The number of carbonyl (C=O) groups is 1. The number of benzene rings is 2. The van der Waals surface area contributed by atoms with Gasteiger partial charge in [0.2, 0.25) is 0 Å². The summed E-state index contributed by atoms with van der Waals surface area (Å²) in [5.74, 6) is -0.745. The predicted molar refractivity (Wildman–Crippen MR) is 83.0 cm³/mol. The van der Waals surface area contributed by atoms with E-state index in [1.807, 2.05) is 30.3 Å². The van der Waals surface area contributed by atoms with Crippen LogP contribution in [0.3, 0.4) is 0 Å². The first-order valence-electron chi connectivity index (χ1n) is 6.84. The average molecular weight is 302 g/mol. The monoisotopic (exact) mass is 302 g/mol. The highest BCUT2D eigenvalue weighted by Crippen LogP contribution is 2.32. The number of aryl methyl sites for hydroxylation is 1. The molecule has 1 aliphatic heterocycles. The van der Waals surface area contributed by atoms with Crippen LogP contribution in [0.4, 0.5) is 0 Å². The molecular weight excluding hydrogens is 284 g/mol. The summed E-state index contributed by atoms with van der Waals surface area (Å²) in [6.45, 7) is 3.69. The lowest BCUT2D eigenvalue weighted by Gasteiger charge is -2.20. The number of fused-ring (bicyclic) bond motifs is 2. The Morgan fingerprint density at radius 3 is 2.43 bits per heavy atom. The second kappa shape index (κ2) is 6.68. The molecule has 2 aromatic rings. The molecule has 0 bridgehead atoms. The summed E-state index contributed by atoms with van der Waals surface area (Å²) >= 11 is 0. The minimum atomic E-state index is -1.00. The van der Waals surface area contributed by atoms with Gasteiger partial charge in [0.1, 0.15) is 0 Å². The third-order valence-electron chi connectivity index (χ3n) is 3.41. The Kier molecular flexibility index (Phi) is 4.91. The van der Waals surface area contributed by atoms with Crippen LogP contribution in [0.25, 0.3) is 0 Å². The minimum absolute atomic E-state index is 0.222. The Morgan fingerprint density at radius 2 is 1.76 bits per heavy atom. The molecule has 4 heteroatoms. The van der Waals surface area contributed by atoms with Gasteiger partial charge in [0.25, 0.3) is 0 Å². The number of aliphatic carboxylic acids is 1. The Morgan fingerprint density at radius 1 is 1.14 bits per heavy atom. The molecule has 0 fully saturated rings. The van der Waals surface area contributed by atoms with E-state index < -0.39 is 16.8 Å². The highest BCUT2D eigenvalue weighted by atomic mass is 32.2. The molecule has 110 valence electrons. The lowest BCUT2D eigenvalue weighted by atomic mass is 10.00. The van der Waals surface area contributed by atoms with Crippen molar-refractivity contribution >= 4 is 16.8 Å². The van der Waals surface area contributed by atoms with Gasteiger partial charge in [-0.3, -0.25) is 4.79 Å². The van der Waals surface area contributed by atoms with Crippen molar-refractivity contribution in [1.82, 2.24) is 0 Å². The molecule has 0 spiro atoms. The molecule has 21 heavy (non-hydrogen) atoms. The number of carboxylic acids is 1. The van der Waals surface area contributed by atoms with E-state index in [0.29, 0.717) is 0 Å². The molecule has 0 saturated carbocycles. The first-order valence-corrected chi connectivity index (χ1v) is 7.99. The van der Waals surface area contributed by atoms with Crippen molar-refractivity contribution in [2.45, 2.75) is 36.5 Å². The zero-order chi connectivity index (χ0) is 15.4. The molecule has 3 nitrogen and oxygen atoms in total. The molecule has 1 aliphatic rings. The maximum Gasteiger partial charge on any atom is 0.303 e. The van der Waals surface area contributed by atoms with Crippen LogP contribution in [-0.4, -0.2) is 15.3 Å². The van der Waals surface area contributed by atoms with Crippen molar-refractivity contribution in [3.8, 4) is 0 Å². The minimum Gasteiger partial charge on any atom is -0.481 e. The van der Waals surface area contributed by atoms with Gasteiger partial charge in [-0.1, -0.05) is 37.3 Å². The average Bonchev–Trinajstić information content (AvgIpc) is 2.49. The van der Waals surface area contributed by atoms with E-state index in [-0.39, 0.29) is 6.42 Å². The van der Waals surface area contributed by atoms with Gasteiger partial charge in [-0.15, -0.1) is 0 Å². The van der Waals surface area contributed by atoms with Crippen molar-refractivity contribution in [1.29, 1.82) is 0 Å². The zero-order valence-corrected chi connectivity index (χ0v) is 12.9. The number of carboxylic acid groups (broad SMARTS) is 1. The first kappa shape index (κ1) is 15.4. The van der Waals surface area contributed by atoms with Crippen molar-refractivity contribution in [2.24, 2.45) is 0 Å². The standard InChI is InChI=1S/C14H12OS.C3H6O2/c1-10-5-4-8-14-12(10)9-11-6-2-3-7-13(11)16(14)15;1-2-3(4)5/h2-8H,9H2,1H3;2H2,1H3,(H,4,5). The molecular formula is C17H18O3S. The highest BCUT2D eigenvalue weighted by Gasteiger charge is 2.22. The van der Waals surface area contributed by atoms with E-state index in [9.17, 15) is 9.00 Å². The fourth-order valence-electron chi connectivity index (χ4n) is 2.22. The van der Waals surface area contributed by atoms with Gasteiger partial charge in [0, 0.05) is 22.6 Å². The molecule has 0 aromatic heterocycles. The molecule has 0 radical (unpaired) electrons. The molecule has 1 heterocycles. The van der Waals surface area contributed by atoms with Crippen LogP contribution in [0, 0.1) is 6.92 Å². The van der Waals surface area contributed by atoms with Gasteiger partial charge in [0.05, 0.1) is 10.8 Å². The van der Waals surface area contributed by atoms with E-state index >= 15 is 0 Å². The van der Waals surface area contributed by atoms with Crippen LogP contribution >= 0.6 is 0 Å². The number of hydrogen-bond acceptors (Lipinski definition) is 2. The van der Waals surface area contributed by atoms with Crippen LogP contribution in [0.1, 0.15) is 30.0 Å². The van der Waals surface area contributed by atoms with E-state index in [0.717, 1.165) is 16.2 Å². The molecule has 0 saturated heterocycles. The van der Waals surface area contributed by atoms with Crippen LogP contribution in [0.2, 0.25) is 0 Å². The molecule has 0 amide bonds. The number of rotatable bonds is 1. The largest absolute Gasteiger partial charge is 0.481 e. The van der Waals surface area contributed by atoms with Gasteiger partial charge in [0.15, 0.2) is 0 Å². The summed E-state index contributed by atoms with van der Waals surface area (Å²) in [5.41, 5.74) is 3.67. The van der Waals surface area contributed by atoms with Crippen molar-refractivity contribution in [3.05, 3.63) is 59.2 Å². The summed E-state index contributed by atoms with van der Waals surface area (Å²) in [4.78, 5) is 11.3. The topological polar surface area (TPSA) is 54.4 Å². The summed E-state index contributed by atoms with van der Waals surface area (Å²) in [5, 5.41) is 7.72. The Hall–Kier alpha value is -1.94. The maximum absolute atomic E-state index is 12.4. The van der Waals surface area contributed by atoms with Gasteiger partial charge < -0.3 is 5.11 Å². The summed E-state index contributed by atoms with van der Waals surface area (Å²) in [6, 6.07) is 14.1. The van der Waals surface area contributed by atoms with Crippen LogP contribution < -0.4 is 0 Å². The highest BCUT2D eigenvalue weighted by molar-refractivity contribution is 7.85. The van der Waals surface area contributed by atoms with Gasteiger partial charge in [-0.25, -0.2) is 4.21 Å². The fraction of sp³-hybridized carbons (Fsp3) is 0.235. The molecule has 2 aromatic carbocycles. The lowest BCUT2D eigenvalue weighted by molar-refractivity contribution is -0.136. The van der Waals surface area contributed by atoms with Crippen molar-refractivity contribution in [3.63, 3.8) is 0 Å². The normalized spacial score (nSPS) is 15.2. The lowest BCUT2D eigenvalue weighted by Crippen LogP contribution is -2.10. The van der Waals surface area contributed by atoms with E-state index in [2.05, 4.69) is 19.1 Å². The first-order chi connectivity index (χ1) is 10.0. The second-order valence-corrected chi connectivity index (χ2v) is 6.27.